The van der Waals surface area contributed by atoms with Crippen molar-refractivity contribution in [3.63, 3.8) is 0 Å². The van der Waals surface area contributed by atoms with Crippen LogP contribution < -0.4 is 10.6 Å². The molecule has 5 nitrogen and oxygen atoms in total. The predicted molar refractivity (Wildman–Crippen MR) is 99.9 cm³/mol. The number of carbonyl (C=O) groups is 2. The van der Waals surface area contributed by atoms with Crippen LogP contribution in [0.1, 0.15) is 45.1 Å². The average Bonchev–Trinajstić information content (AvgIpc) is 2.62. The minimum atomic E-state index is -0.296. The van der Waals surface area contributed by atoms with Gasteiger partial charge in [0.05, 0.1) is 13.1 Å². The van der Waals surface area contributed by atoms with Gasteiger partial charge in [0.2, 0.25) is 11.8 Å². The molecule has 2 amide bonds. The molecule has 0 aliphatic heterocycles. The van der Waals surface area contributed by atoms with E-state index < -0.39 is 0 Å². The maximum absolute atomic E-state index is 12.9. The third-order valence-electron chi connectivity index (χ3n) is 5.04. The highest BCUT2D eigenvalue weighted by Crippen LogP contribution is 2.23. The lowest BCUT2D eigenvalue weighted by Crippen LogP contribution is -2.47. The molecule has 0 radical (unpaired) electrons. The molecule has 2 rings (SSSR count). The van der Waals surface area contributed by atoms with Crippen molar-refractivity contribution in [1.29, 1.82) is 0 Å². The van der Waals surface area contributed by atoms with Crippen molar-refractivity contribution >= 4 is 11.8 Å². The maximum atomic E-state index is 12.9. The van der Waals surface area contributed by atoms with Crippen LogP contribution in [0.2, 0.25) is 0 Å². The monoisotopic (exact) mass is 363 g/mol. The van der Waals surface area contributed by atoms with Gasteiger partial charge >= 0.3 is 0 Å². The Bertz CT molecular complexity index is 591. The summed E-state index contributed by atoms with van der Waals surface area (Å²) >= 11 is 0. The second kappa shape index (κ2) is 10.3. The number of benzene rings is 1. The van der Waals surface area contributed by atoms with E-state index in [9.17, 15) is 14.0 Å². The lowest BCUT2D eigenvalue weighted by Gasteiger charge is -2.30. The molecule has 0 saturated heterocycles. The molecule has 1 aromatic carbocycles. The van der Waals surface area contributed by atoms with E-state index in [1.54, 1.807) is 12.1 Å². The summed E-state index contributed by atoms with van der Waals surface area (Å²) in [5, 5.41) is 5.93. The number of nitrogens with zero attached hydrogens (tertiary/aromatic N) is 1. The highest BCUT2D eigenvalue weighted by Gasteiger charge is 2.23. The van der Waals surface area contributed by atoms with E-state index in [0.29, 0.717) is 19.0 Å². The Kier molecular flexibility index (Phi) is 8.04. The van der Waals surface area contributed by atoms with Crippen LogP contribution in [0.3, 0.4) is 0 Å². The van der Waals surface area contributed by atoms with Gasteiger partial charge in [-0.05, 0) is 43.0 Å². The fraction of sp³-hybridized carbons (Fsp3) is 0.600. The summed E-state index contributed by atoms with van der Waals surface area (Å²) in [7, 11) is 0. The topological polar surface area (TPSA) is 61.4 Å². The fourth-order valence-corrected chi connectivity index (χ4v) is 3.33. The number of likely N-dealkylation sites (N-methyl/N-ethyl adjacent to an activating group) is 1. The number of halogens is 1. The number of carbonyl (C=O) groups excluding carboxylic acids is 2. The first-order valence-corrected chi connectivity index (χ1v) is 9.50. The molecule has 26 heavy (non-hydrogen) atoms. The fourth-order valence-electron chi connectivity index (χ4n) is 3.33. The van der Waals surface area contributed by atoms with Crippen molar-refractivity contribution in [1.82, 2.24) is 15.5 Å². The van der Waals surface area contributed by atoms with Gasteiger partial charge in [0, 0.05) is 12.6 Å². The Hall–Kier alpha value is -1.95. The number of amides is 2. The molecule has 0 aromatic heterocycles. The van der Waals surface area contributed by atoms with Crippen molar-refractivity contribution in [2.75, 3.05) is 19.6 Å². The molecule has 1 fully saturated rings. The molecule has 1 aliphatic carbocycles. The quantitative estimate of drug-likeness (QED) is 0.746. The minimum absolute atomic E-state index is 0.0167. The van der Waals surface area contributed by atoms with Crippen LogP contribution in [0.4, 0.5) is 4.39 Å². The molecule has 1 aromatic rings. The van der Waals surface area contributed by atoms with Gasteiger partial charge in [-0.25, -0.2) is 4.39 Å². The normalized spacial score (nSPS) is 20.0. The van der Waals surface area contributed by atoms with Crippen LogP contribution in [0, 0.1) is 11.7 Å². The van der Waals surface area contributed by atoms with E-state index in [1.165, 1.54) is 25.0 Å². The third kappa shape index (κ3) is 6.75. The van der Waals surface area contributed by atoms with Gasteiger partial charge < -0.3 is 10.6 Å². The van der Waals surface area contributed by atoms with E-state index in [4.69, 9.17) is 0 Å². The van der Waals surface area contributed by atoms with Crippen molar-refractivity contribution in [3.05, 3.63) is 35.6 Å². The molecule has 6 heteroatoms. The zero-order valence-electron chi connectivity index (χ0n) is 15.8. The Morgan fingerprint density at radius 3 is 2.42 bits per heavy atom. The van der Waals surface area contributed by atoms with Gasteiger partial charge in [-0.3, -0.25) is 14.5 Å². The molecule has 1 saturated carbocycles. The van der Waals surface area contributed by atoms with Crippen molar-refractivity contribution in [2.24, 2.45) is 5.92 Å². The molecule has 144 valence electrons. The first kappa shape index (κ1) is 20.4. The summed E-state index contributed by atoms with van der Waals surface area (Å²) < 4.78 is 12.9. The number of nitrogens with one attached hydrogen (secondary N) is 2. The Balaban J connectivity index is 1.73. The lowest BCUT2D eigenvalue weighted by molar-refractivity contribution is -0.125. The summed E-state index contributed by atoms with van der Waals surface area (Å²) in [6.45, 7) is 5.49. The van der Waals surface area contributed by atoms with Gasteiger partial charge in [0.25, 0.3) is 0 Å². The SMILES string of the molecule is CCN(CC(=O)NCc1ccc(F)cc1)CC(=O)N[C@@H]1CCCC[C@@H]1C. The Morgan fingerprint density at radius 2 is 1.77 bits per heavy atom. The van der Waals surface area contributed by atoms with E-state index in [0.717, 1.165) is 18.4 Å². The largest absolute Gasteiger partial charge is 0.352 e. The van der Waals surface area contributed by atoms with E-state index in [-0.39, 0.29) is 36.8 Å². The highest BCUT2D eigenvalue weighted by atomic mass is 19.1. The predicted octanol–water partition coefficient (Wildman–Crippen LogP) is 2.46. The van der Waals surface area contributed by atoms with Crippen molar-refractivity contribution < 1.29 is 14.0 Å². The van der Waals surface area contributed by atoms with Crippen molar-refractivity contribution in [3.8, 4) is 0 Å². The van der Waals surface area contributed by atoms with Crippen LogP contribution in [0.25, 0.3) is 0 Å². The standard InChI is InChI=1S/C20H30FN3O2/c1-3-24(14-20(26)23-18-7-5-4-6-15(18)2)13-19(25)22-12-16-8-10-17(21)11-9-16/h8-11,15,18H,3-7,12-14H2,1-2H3,(H,22,25)(H,23,26)/t15-,18+/m0/s1. The first-order valence-electron chi connectivity index (χ1n) is 9.50. The number of hydrogen-bond acceptors (Lipinski definition) is 3. The van der Waals surface area contributed by atoms with Crippen molar-refractivity contribution in [2.45, 2.75) is 52.1 Å². The summed E-state index contributed by atoms with van der Waals surface area (Å²) in [5.41, 5.74) is 0.840. The van der Waals surface area contributed by atoms with Gasteiger partial charge in [-0.1, -0.05) is 38.8 Å². The van der Waals surface area contributed by atoms with Gasteiger partial charge in [-0.2, -0.15) is 0 Å². The molecular weight excluding hydrogens is 333 g/mol. The van der Waals surface area contributed by atoms with Crippen LogP contribution in [-0.2, 0) is 16.1 Å². The summed E-state index contributed by atoms with van der Waals surface area (Å²) in [5.74, 6) is 0.0595. The second-order valence-corrected chi connectivity index (χ2v) is 7.14. The minimum Gasteiger partial charge on any atom is -0.352 e. The van der Waals surface area contributed by atoms with Crippen LogP contribution >= 0.6 is 0 Å². The summed E-state index contributed by atoms with van der Waals surface area (Å²) in [6.07, 6.45) is 4.60. The Labute approximate surface area is 155 Å². The van der Waals surface area contributed by atoms with E-state index in [1.807, 2.05) is 11.8 Å². The van der Waals surface area contributed by atoms with Crippen LogP contribution in [0.5, 0.6) is 0 Å². The van der Waals surface area contributed by atoms with Crippen LogP contribution in [0.15, 0.2) is 24.3 Å². The molecule has 2 N–H and O–H groups in total. The molecule has 0 unspecified atom stereocenters. The highest BCUT2D eigenvalue weighted by molar-refractivity contribution is 5.81. The molecule has 0 heterocycles. The molecule has 0 spiro atoms. The molecule has 1 aliphatic rings. The van der Waals surface area contributed by atoms with E-state index in [2.05, 4.69) is 17.6 Å². The average molecular weight is 363 g/mol. The van der Waals surface area contributed by atoms with Gasteiger partial charge in [0.15, 0.2) is 0 Å². The Morgan fingerprint density at radius 1 is 1.12 bits per heavy atom. The van der Waals surface area contributed by atoms with Gasteiger partial charge in [0.1, 0.15) is 5.82 Å². The lowest BCUT2D eigenvalue weighted by atomic mass is 9.86. The van der Waals surface area contributed by atoms with E-state index >= 15 is 0 Å². The first-order chi connectivity index (χ1) is 12.5. The zero-order chi connectivity index (χ0) is 18.9. The zero-order valence-corrected chi connectivity index (χ0v) is 15.8. The molecule has 0 bridgehead atoms. The third-order valence-corrected chi connectivity index (χ3v) is 5.04. The van der Waals surface area contributed by atoms with Crippen LogP contribution in [-0.4, -0.2) is 42.4 Å². The summed E-state index contributed by atoms with van der Waals surface area (Å²) in [6, 6.07) is 6.28. The maximum Gasteiger partial charge on any atom is 0.234 e. The molecular formula is C20H30FN3O2. The number of hydrogen-bond donors (Lipinski definition) is 2. The van der Waals surface area contributed by atoms with Gasteiger partial charge in [-0.15, -0.1) is 0 Å². The molecule has 2 atom stereocenters. The summed E-state index contributed by atoms with van der Waals surface area (Å²) in [4.78, 5) is 26.2. The number of rotatable bonds is 8. The smallest absolute Gasteiger partial charge is 0.234 e. The second-order valence-electron chi connectivity index (χ2n) is 7.14.